The first-order valence-electron chi connectivity index (χ1n) is 6.76. The predicted molar refractivity (Wildman–Crippen MR) is 74.2 cm³/mol. The minimum absolute atomic E-state index is 0.316. The number of carbonyl (C=O) groups is 1. The molecule has 4 rings (SSSR count). The molecule has 2 nitrogen and oxygen atoms in total. The summed E-state index contributed by atoms with van der Waals surface area (Å²) in [5.74, 6) is 3.77. The number of ketones is 1. The van der Waals surface area contributed by atoms with E-state index in [1.165, 1.54) is 19.3 Å². The lowest BCUT2D eigenvalue weighted by Crippen LogP contribution is -2.10. The van der Waals surface area contributed by atoms with Crippen molar-refractivity contribution in [1.29, 1.82) is 0 Å². The Labute approximate surface area is 115 Å². The fourth-order valence-electron chi connectivity index (χ4n) is 4.59. The molecule has 3 fully saturated rings. The lowest BCUT2D eigenvalue weighted by Gasteiger charge is -2.09. The van der Waals surface area contributed by atoms with E-state index in [0.717, 1.165) is 21.9 Å². The molecule has 3 aliphatic carbocycles. The van der Waals surface area contributed by atoms with Gasteiger partial charge in [-0.2, -0.15) is 0 Å². The Morgan fingerprint density at radius 1 is 1.22 bits per heavy atom. The van der Waals surface area contributed by atoms with Gasteiger partial charge in [-0.05, 0) is 77.1 Å². The summed E-state index contributed by atoms with van der Waals surface area (Å²) in [5.41, 5.74) is 7.25. The fourth-order valence-corrected chi connectivity index (χ4v) is 5.18. The second-order valence-corrected chi connectivity index (χ2v) is 6.97. The summed E-state index contributed by atoms with van der Waals surface area (Å²) in [6.45, 7) is 0. The van der Waals surface area contributed by atoms with E-state index in [9.17, 15) is 4.79 Å². The van der Waals surface area contributed by atoms with E-state index >= 15 is 0 Å². The number of carbonyl (C=O) groups excluding carboxylic acids is 1. The van der Waals surface area contributed by atoms with Crippen LogP contribution in [0.4, 0.5) is 5.69 Å². The highest BCUT2D eigenvalue weighted by molar-refractivity contribution is 9.10. The third-order valence-electron chi connectivity index (χ3n) is 5.30. The number of fused-ring (bicyclic) bond motifs is 5. The molecule has 3 aliphatic rings. The third-order valence-corrected chi connectivity index (χ3v) is 5.95. The second kappa shape index (κ2) is 3.60. The number of hydrogen-bond donors (Lipinski definition) is 1. The molecule has 0 heterocycles. The Hall–Kier alpha value is -0.830. The first kappa shape index (κ1) is 11.0. The van der Waals surface area contributed by atoms with Gasteiger partial charge >= 0.3 is 0 Å². The van der Waals surface area contributed by atoms with Crippen LogP contribution in [-0.4, -0.2) is 5.78 Å². The monoisotopic (exact) mass is 305 g/mol. The minimum atomic E-state index is 0.316. The van der Waals surface area contributed by atoms with Gasteiger partial charge in [0.15, 0.2) is 5.78 Å². The smallest absolute Gasteiger partial charge is 0.167 e. The van der Waals surface area contributed by atoms with Gasteiger partial charge in [-0.3, -0.25) is 4.79 Å². The highest BCUT2D eigenvalue weighted by Crippen LogP contribution is 2.70. The number of nitrogen functional groups attached to an aromatic ring is 1. The van der Waals surface area contributed by atoms with E-state index in [1.807, 2.05) is 18.2 Å². The molecule has 0 radical (unpaired) electrons. The fraction of sp³-hybridized carbons (Fsp3) is 0.533. The van der Waals surface area contributed by atoms with Gasteiger partial charge < -0.3 is 5.73 Å². The van der Waals surface area contributed by atoms with Crippen LogP contribution in [0.1, 0.15) is 29.6 Å². The van der Waals surface area contributed by atoms with E-state index < -0.39 is 0 Å². The van der Waals surface area contributed by atoms with E-state index in [-0.39, 0.29) is 0 Å². The Bertz CT molecular complexity index is 525. The van der Waals surface area contributed by atoms with Crippen LogP contribution in [0.25, 0.3) is 0 Å². The predicted octanol–water partition coefficient (Wildman–Crippen LogP) is 3.51. The van der Waals surface area contributed by atoms with Crippen LogP contribution in [0.2, 0.25) is 0 Å². The molecule has 94 valence electrons. The Kier molecular flexibility index (Phi) is 2.20. The summed E-state index contributed by atoms with van der Waals surface area (Å²) < 4.78 is 0.852. The van der Waals surface area contributed by atoms with Crippen molar-refractivity contribution in [3.8, 4) is 0 Å². The molecule has 0 saturated heterocycles. The van der Waals surface area contributed by atoms with Gasteiger partial charge in [0, 0.05) is 21.6 Å². The summed E-state index contributed by atoms with van der Waals surface area (Å²) in [6.07, 6.45) is 4.11. The highest BCUT2D eigenvalue weighted by atomic mass is 79.9. The normalized spacial score (nSPS) is 39.7. The first-order valence-corrected chi connectivity index (χ1v) is 7.55. The summed E-state index contributed by atoms with van der Waals surface area (Å²) in [5, 5.41) is 0. The van der Waals surface area contributed by atoms with Gasteiger partial charge in [0.05, 0.1) is 0 Å². The Balaban J connectivity index is 1.62. The molecule has 0 amide bonds. The van der Waals surface area contributed by atoms with Gasteiger partial charge in [0.1, 0.15) is 0 Å². The molecule has 1 aromatic carbocycles. The number of halogens is 1. The molecule has 0 spiro atoms. The first-order chi connectivity index (χ1) is 8.66. The largest absolute Gasteiger partial charge is 0.399 e. The summed E-state index contributed by atoms with van der Waals surface area (Å²) >= 11 is 3.47. The molecule has 0 aromatic heterocycles. The van der Waals surface area contributed by atoms with Crippen LogP contribution in [0, 0.1) is 29.6 Å². The zero-order chi connectivity index (χ0) is 12.4. The van der Waals surface area contributed by atoms with Gasteiger partial charge in [-0.25, -0.2) is 0 Å². The topological polar surface area (TPSA) is 43.1 Å². The van der Waals surface area contributed by atoms with E-state index in [4.69, 9.17) is 5.73 Å². The Morgan fingerprint density at radius 3 is 2.50 bits per heavy atom. The van der Waals surface area contributed by atoms with Crippen molar-refractivity contribution in [3.63, 3.8) is 0 Å². The van der Waals surface area contributed by atoms with Crippen molar-refractivity contribution >= 4 is 27.4 Å². The third kappa shape index (κ3) is 1.37. The summed E-state index contributed by atoms with van der Waals surface area (Å²) in [4.78, 5) is 12.6. The minimum Gasteiger partial charge on any atom is -0.399 e. The van der Waals surface area contributed by atoms with Crippen molar-refractivity contribution in [2.45, 2.75) is 19.3 Å². The van der Waals surface area contributed by atoms with Crippen LogP contribution >= 0.6 is 15.9 Å². The maximum Gasteiger partial charge on any atom is 0.167 e. The van der Waals surface area contributed by atoms with Crippen LogP contribution in [0.5, 0.6) is 0 Å². The summed E-state index contributed by atoms with van der Waals surface area (Å²) in [6, 6.07) is 5.53. The van der Waals surface area contributed by atoms with Gasteiger partial charge in [-0.15, -0.1) is 0 Å². The van der Waals surface area contributed by atoms with E-state index in [1.54, 1.807) is 0 Å². The zero-order valence-electron chi connectivity index (χ0n) is 10.1. The van der Waals surface area contributed by atoms with Crippen molar-refractivity contribution in [2.24, 2.45) is 29.6 Å². The quantitative estimate of drug-likeness (QED) is 0.671. The molecular weight excluding hydrogens is 290 g/mol. The van der Waals surface area contributed by atoms with Crippen LogP contribution < -0.4 is 5.73 Å². The van der Waals surface area contributed by atoms with E-state index in [0.29, 0.717) is 29.2 Å². The highest BCUT2D eigenvalue weighted by Gasteiger charge is 2.67. The lowest BCUT2D eigenvalue weighted by molar-refractivity contribution is 0.0944. The molecule has 3 heteroatoms. The number of hydrogen-bond acceptors (Lipinski definition) is 2. The van der Waals surface area contributed by atoms with Gasteiger partial charge in [-0.1, -0.05) is 0 Å². The van der Waals surface area contributed by atoms with Gasteiger partial charge in [0.25, 0.3) is 0 Å². The molecule has 18 heavy (non-hydrogen) atoms. The van der Waals surface area contributed by atoms with Crippen molar-refractivity contribution < 1.29 is 4.79 Å². The van der Waals surface area contributed by atoms with Crippen molar-refractivity contribution in [1.82, 2.24) is 0 Å². The molecule has 0 aliphatic heterocycles. The van der Waals surface area contributed by atoms with Crippen molar-refractivity contribution in [3.05, 3.63) is 28.2 Å². The molecule has 4 unspecified atom stereocenters. The molecule has 2 bridgehead atoms. The zero-order valence-corrected chi connectivity index (χ0v) is 11.7. The molecule has 1 aromatic rings. The Morgan fingerprint density at radius 2 is 1.89 bits per heavy atom. The average molecular weight is 306 g/mol. The molecule has 2 N–H and O–H groups in total. The average Bonchev–Trinajstić information content (AvgIpc) is 2.77. The molecule has 4 atom stereocenters. The maximum atomic E-state index is 12.6. The number of rotatable bonds is 2. The maximum absolute atomic E-state index is 12.6. The molecular formula is C15H16BrNO. The lowest BCUT2D eigenvalue weighted by atomic mass is 9.96. The standard InChI is InChI=1S/C15H16BrNO/c16-11-6-9(17)3-4-10(11)15(18)14-12-7-1-2-8(5-7)13(12)14/h3-4,6-8,12-14H,1-2,5,17H2. The second-order valence-electron chi connectivity index (χ2n) is 6.12. The van der Waals surface area contributed by atoms with E-state index in [2.05, 4.69) is 15.9 Å². The number of Topliss-reactive ketones (excluding diaryl/α,β-unsaturated/α-hetero) is 1. The van der Waals surface area contributed by atoms with Crippen molar-refractivity contribution in [2.75, 3.05) is 5.73 Å². The SMILES string of the molecule is Nc1ccc(C(=O)C2C3C4CCC(C4)C23)c(Br)c1. The number of nitrogens with two attached hydrogens (primary N) is 1. The van der Waals surface area contributed by atoms with Crippen LogP contribution in [0.3, 0.4) is 0 Å². The number of anilines is 1. The molecule has 3 saturated carbocycles. The summed E-state index contributed by atoms with van der Waals surface area (Å²) in [7, 11) is 0. The van der Waals surface area contributed by atoms with Crippen LogP contribution in [0.15, 0.2) is 22.7 Å². The van der Waals surface area contributed by atoms with Gasteiger partial charge in [0.2, 0.25) is 0 Å². The number of benzene rings is 1. The van der Waals surface area contributed by atoms with Crippen LogP contribution in [-0.2, 0) is 0 Å².